The molecule has 0 bridgehead atoms. The minimum atomic E-state index is -0.635. The van der Waals surface area contributed by atoms with E-state index in [9.17, 15) is 9.65 Å². The van der Waals surface area contributed by atoms with E-state index in [4.69, 9.17) is 5.26 Å². The first kappa shape index (κ1) is 13.6. The van der Waals surface area contributed by atoms with Crippen molar-refractivity contribution in [1.29, 1.82) is 10.5 Å². The number of rotatable bonds is 3. The van der Waals surface area contributed by atoms with Gasteiger partial charge in [-0.2, -0.15) is 10.5 Å². The van der Waals surface area contributed by atoms with Gasteiger partial charge in [-0.3, -0.25) is 0 Å². The number of benzene rings is 2. The van der Waals surface area contributed by atoms with E-state index in [1.54, 1.807) is 6.07 Å². The van der Waals surface area contributed by atoms with Crippen molar-refractivity contribution in [2.45, 2.75) is 13.0 Å². The SMILES string of the molecule is Cc1cccc(NC(C#N)c2ccc(F)c(C#N)c2)c1. The molecule has 0 fully saturated rings. The van der Waals surface area contributed by atoms with E-state index in [1.165, 1.54) is 18.2 Å². The molecule has 3 nitrogen and oxygen atoms in total. The first-order chi connectivity index (χ1) is 9.63. The highest BCUT2D eigenvalue weighted by atomic mass is 19.1. The Labute approximate surface area is 116 Å². The smallest absolute Gasteiger partial charge is 0.140 e. The standard InChI is InChI=1S/C16H12FN3/c1-11-3-2-4-14(7-11)20-16(10-19)12-5-6-15(17)13(8-12)9-18/h2-8,16,20H,1H3. The molecule has 0 aliphatic heterocycles. The third kappa shape index (κ3) is 2.93. The first-order valence-corrected chi connectivity index (χ1v) is 6.06. The summed E-state index contributed by atoms with van der Waals surface area (Å²) < 4.78 is 13.3. The third-order valence-corrected chi connectivity index (χ3v) is 2.90. The van der Waals surface area contributed by atoms with Crippen molar-refractivity contribution < 1.29 is 4.39 Å². The summed E-state index contributed by atoms with van der Waals surface area (Å²) in [5.41, 5.74) is 2.38. The highest BCUT2D eigenvalue weighted by Crippen LogP contribution is 2.21. The molecule has 0 spiro atoms. The molecule has 0 amide bonds. The van der Waals surface area contributed by atoms with Crippen LogP contribution in [0.2, 0.25) is 0 Å². The Morgan fingerprint density at radius 3 is 2.60 bits per heavy atom. The molecule has 1 unspecified atom stereocenters. The van der Waals surface area contributed by atoms with Gasteiger partial charge in [0.05, 0.1) is 11.6 Å². The predicted molar refractivity (Wildman–Crippen MR) is 74.3 cm³/mol. The number of anilines is 1. The van der Waals surface area contributed by atoms with Crippen LogP contribution in [0.15, 0.2) is 42.5 Å². The zero-order valence-electron chi connectivity index (χ0n) is 10.9. The molecular formula is C16H12FN3. The maximum absolute atomic E-state index is 13.3. The topological polar surface area (TPSA) is 59.6 Å². The van der Waals surface area contributed by atoms with Crippen LogP contribution in [-0.2, 0) is 0 Å². The Hall–Kier alpha value is -2.85. The van der Waals surface area contributed by atoms with Gasteiger partial charge in [-0.15, -0.1) is 0 Å². The number of hydrogen-bond donors (Lipinski definition) is 1. The second-order valence-electron chi connectivity index (χ2n) is 4.43. The predicted octanol–water partition coefficient (Wildman–Crippen LogP) is 3.68. The van der Waals surface area contributed by atoms with Crippen molar-refractivity contribution in [2.75, 3.05) is 5.32 Å². The van der Waals surface area contributed by atoms with E-state index in [-0.39, 0.29) is 5.56 Å². The van der Waals surface area contributed by atoms with E-state index in [0.29, 0.717) is 5.56 Å². The molecule has 0 saturated carbocycles. The van der Waals surface area contributed by atoms with Crippen LogP contribution in [0.25, 0.3) is 0 Å². The van der Waals surface area contributed by atoms with Crippen LogP contribution in [0.3, 0.4) is 0 Å². The molecule has 2 aromatic rings. The molecular weight excluding hydrogens is 253 g/mol. The summed E-state index contributed by atoms with van der Waals surface area (Å²) in [5.74, 6) is -0.580. The van der Waals surface area contributed by atoms with E-state index in [0.717, 1.165) is 11.3 Å². The van der Waals surface area contributed by atoms with Crippen LogP contribution < -0.4 is 5.32 Å². The second kappa shape index (κ2) is 5.86. The molecule has 1 atom stereocenters. The summed E-state index contributed by atoms with van der Waals surface area (Å²) in [6.07, 6.45) is 0. The van der Waals surface area contributed by atoms with Crippen molar-refractivity contribution in [2.24, 2.45) is 0 Å². The Morgan fingerprint density at radius 2 is 1.95 bits per heavy atom. The zero-order chi connectivity index (χ0) is 14.5. The van der Waals surface area contributed by atoms with Crippen molar-refractivity contribution >= 4 is 5.69 Å². The van der Waals surface area contributed by atoms with Gasteiger partial charge in [-0.05, 0) is 42.3 Å². The molecule has 2 rings (SSSR count). The zero-order valence-corrected chi connectivity index (χ0v) is 10.9. The number of nitrogens with zero attached hydrogens (tertiary/aromatic N) is 2. The number of halogens is 1. The lowest BCUT2D eigenvalue weighted by Crippen LogP contribution is -2.09. The van der Waals surface area contributed by atoms with Gasteiger partial charge in [-0.25, -0.2) is 4.39 Å². The lowest BCUT2D eigenvalue weighted by molar-refractivity contribution is 0.623. The summed E-state index contributed by atoms with van der Waals surface area (Å²) in [6, 6.07) is 15.0. The van der Waals surface area contributed by atoms with E-state index < -0.39 is 11.9 Å². The van der Waals surface area contributed by atoms with Gasteiger partial charge >= 0.3 is 0 Å². The summed E-state index contributed by atoms with van der Waals surface area (Å²) in [4.78, 5) is 0. The lowest BCUT2D eigenvalue weighted by Gasteiger charge is -2.14. The molecule has 2 aromatic carbocycles. The molecule has 4 heteroatoms. The Morgan fingerprint density at radius 1 is 1.15 bits per heavy atom. The Bertz CT molecular complexity index is 710. The number of aryl methyl sites for hydroxylation is 1. The minimum Gasteiger partial charge on any atom is -0.366 e. The van der Waals surface area contributed by atoms with Gasteiger partial charge in [0, 0.05) is 5.69 Å². The summed E-state index contributed by atoms with van der Waals surface area (Å²) in [5, 5.41) is 21.1. The van der Waals surface area contributed by atoms with Crippen molar-refractivity contribution in [3.8, 4) is 12.1 Å². The van der Waals surface area contributed by atoms with Crippen molar-refractivity contribution in [3.63, 3.8) is 0 Å². The maximum Gasteiger partial charge on any atom is 0.140 e. The number of nitrogens with one attached hydrogen (secondary N) is 1. The maximum atomic E-state index is 13.3. The lowest BCUT2D eigenvalue weighted by atomic mass is 10.0. The molecule has 0 aliphatic carbocycles. The first-order valence-electron chi connectivity index (χ1n) is 6.06. The van der Waals surface area contributed by atoms with Gasteiger partial charge < -0.3 is 5.32 Å². The highest BCUT2D eigenvalue weighted by molar-refractivity contribution is 5.50. The normalized spacial score (nSPS) is 11.2. The molecule has 0 saturated heterocycles. The molecule has 1 N–H and O–H groups in total. The average molecular weight is 265 g/mol. The quantitative estimate of drug-likeness (QED) is 0.920. The van der Waals surface area contributed by atoms with Crippen molar-refractivity contribution in [1.82, 2.24) is 0 Å². The van der Waals surface area contributed by atoms with Crippen LogP contribution in [0.4, 0.5) is 10.1 Å². The van der Waals surface area contributed by atoms with E-state index in [2.05, 4.69) is 11.4 Å². The van der Waals surface area contributed by atoms with Crippen LogP contribution in [0, 0.1) is 35.4 Å². The van der Waals surface area contributed by atoms with Gasteiger partial charge in [-0.1, -0.05) is 18.2 Å². The van der Waals surface area contributed by atoms with Gasteiger partial charge in [0.25, 0.3) is 0 Å². The third-order valence-electron chi connectivity index (χ3n) is 2.90. The average Bonchev–Trinajstić information content (AvgIpc) is 2.45. The molecule has 98 valence electrons. The van der Waals surface area contributed by atoms with Crippen LogP contribution in [0.1, 0.15) is 22.7 Å². The number of hydrogen-bond acceptors (Lipinski definition) is 3. The fraction of sp³-hybridized carbons (Fsp3) is 0.125. The molecule has 0 heterocycles. The summed E-state index contributed by atoms with van der Waals surface area (Å²) in [6.45, 7) is 1.96. The highest BCUT2D eigenvalue weighted by Gasteiger charge is 2.13. The monoisotopic (exact) mass is 265 g/mol. The Balaban J connectivity index is 2.30. The second-order valence-corrected chi connectivity index (χ2v) is 4.43. The van der Waals surface area contributed by atoms with Gasteiger partial charge in [0.1, 0.15) is 17.9 Å². The van der Waals surface area contributed by atoms with E-state index >= 15 is 0 Å². The summed E-state index contributed by atoms with van der Waals surface area (Å²) in [7, 11) is 0. The van der Waals surface area contributed by atoms with Crippen LogP contribution in [0.5, 0.6) is 0 Å². The fourth-order valence-electron chi connectivity index (χ4n) is 1.90. The molecule has 0 aliphatic rings. The largest absolute Gasteiger partial charge is 0.366 e. The fourth-order valence-corrected chi connectivity index (χ4v) is 1.90. The minimum absolute atomic E-state index is 0.0613. The van der Waals surface area contributed by atoms with E-state index in [1.807, 2.05) is 31.2 Å². The summed E-state index contributed by atoms with van der Waals surface area (Å²) >= 11 is 0. The molecule has 0 radical (unpaired) electrons. The van der Waals surface area contributed by atoms with Crippen LogP contribution >= 0.6 is 0 Å². The van der Waals surface area contributed by atoms with Crippen LogP contribution in [-0.4, -0.2) is 0 Å². The molecule has 0 aromatic heterocycles. The van der Waals surface area contributed by atoms with Gasteiger partial charge in [0.2, 0.25) is 0 Å². The molecule has 20 heavy (non-hydrogen) atoms. The van der Waals surface area contributed by atoms with Gasteiger partial charge in [0.15, 0.2) is 0 Å². The number of nitriles is 2. The van der Waals surface area contributed by atoms with Crippen molar-refractivity contribution in [3.05, 3.63) is 65.0 Å². The Kier molecular flexibility index (Phi) is 3.98.